The Labute approximate surface area is 235 Å². The predicted molar refractivity (Wildman–Crippen MR) is 142 cm³/mol. The third kappa shape index (κ3) is 4.06. The molecule has 0 N–H and O–H groups in total. The summed E-state index contributed by atoms with van der Waals surface area (Å²) >= 11 is 17.2. The van der Waals surface area contributed by atoms with E-state index in [-0.39, 0.29) is 29.0 Å². The van der Waals surface area contributed by atoms with Crippen molar-refractivity contribution >= 4 is 46.6 Å². The first-order valence-corrected chi connectivity index (χ1v) is 15.5. The lowest BCUT2D eigenvalue weighted by atomic mass is 9.44. The molecule has 208 valence electrons. The molecule has 0 unspecified atom stereocenters. The predicted octanol–water partition coefficient (Wildman–Crippen LogP) is 6.89. The van der Waals surface area contributed by atoms with Crippen LogP contribution < -0.4 is 0 Å². The van der Waals surface area contributed by atoms with Crippen molar-refractivity contribution in [1.82, 2.24) is 0 Å². The highest BCUT2D eigenvalue weighted by Crippen LogP contribution is 2.70. The van der Waals surface area contributed by atoms with Gasteiger partial charge in [0.15, 0.2) is 5.79 Å². The third-order valence-electron chi connectivity index (χ3n) is 12.1. The minimum Gasteiger partial charge on any atom is -0.459 e. The Bertz CT molecular complexity index is 958. The van der Waals surface area contributed by atoms with Gasteiger partial charge in [-0.25, -0.2) is 4.79 Å². The second kappa shape index (κ2) is 8.96. The first kappa shape index (κ1) is 27.1. The summed E-state index contributed by atoms with van der Waals surface area (Å²) in [6, 6.07) is 0. The molecule has 2 heterocycles. The van der Waals surface area contributed by atoms with E-state index >= 15 is 0 Å². The van der Waals surface area contributed by atoms with E-state index < -0.39 is 15.5 Å². The second-order valence-corrected chi connectivity index (χ2v) is 16.2. The average molecular weight is 576 g/mol. The van der Waals surface area contributed by atoms with Gasteiger partial charge < -0.3 is 14.2 Å². The van der Waals surface area contributed by atoms with Gasteiger partial charge in [-0.3, -0.25) is 4.79 Å². The lowest BCUT2D eigenvalue weighted by molar-refractivity contribution is -0.272. The molecule has 0 bridgehead atoms. The molecule has 4 saturated carbocycles. The molecule has 2 saturated heterocycles. The fourth-order valence-corrected chi connectivity index (χ4v) is 10.5. The number of hydrogen-bond acceptors (Lipinski definition) is 5. The van der Waals surface area contributed by atoms with Crippen molar-refractivity contribution in [2.45, 2.75) is 107 Å². The summed E-state index contributed by atoms with van der Waals surface area (Å²) in [6.45, 7) is 10.1. The van der Waals surface area contributed by atoms with Gasteiger partial charge in [-0.2, -0.15) is 0 Å². The molecule has 0 aromatic heterocycles. The van der Waals surface area contributed by atoms with Gasteiger partial charge in [0.2, 0.25) is 0 Å². The zero-order chi connectivity index (χ0) is 26.5. The van der Waals surface area contributed by atoms with E-state index in [0.717, 1.165) is 51.6 Å². The number of carbonyl (C=O) groups excluding carboxylic acids is 2. The first-order valence-electron chi connectivity index (χ1n) is 14.4. The standard InChI is InChI=1S/C29H41Cl3O5/c1-15-7-10-28(35-14-15)16(2)23-22(37-28)12-20-19-6-5-17-11-18(36-25(34)29(30,31)32)8-9-26(17,3)24(19)21(33)13-27(20,23)4/h15-20,22-24H,5-14H2,1-4H3/t15-,16+,17-,18+,19+,20-,22-,23+,24+,26+,27+,28-/m1/s1. The maximum atomic E-state index is 14.1. The molecule has 2 aliphatic heterocycles. The maximum Gasteiger partial charge on any atom is 0.358 e. The summed E-state index contributed by atoms with van der Waals surface area (Å²) in [5, 5.41) is 0. The zero-order valence-corrected chi connectivity index (χ0v) is 24.7. The van der Waals surface area contributed by atoms with Crippen molar-refractivity contribution in [2.75, 3.05) is 6.61 Å². The number of hydrogen-bond donors (Lipinski definition) is 0. The lowest BCUT2D eigenvalue weighted by Gasteiger charge is -2.60. The van der Waals surface area contributed by atoms with Crippen LogP contribution in [0, 0.1) is 52.3 Å². The number of alkyl halides is 3. The van der Waals surface area contributed by atoms with E-state index in [9.17, 15) is 9.59 Å². The highest BCUT2D eigenvalue weighted by Gasteiger charge is 2.70. The van der Waals surface area contributed by atoms with Crippen LogP contribution in [0.3, 0.4) is 0 Å². The molecule has 4 aliphatic carbocycles. The summed E-state index contributed by atoms with van der Waals surface area (Å²) in [7, 11) is 0. The van der Waals surface area contributed by atoms with Gasteiger partial charge in [-0.1, -0.05) is 62.5 Å². The van der Waals surface area contributed by atoms with E-state index in [1.54, 1.807) is 0 Å². The smallest absolute Gasteiger partial charge is 0.358 e. The molecule has 6 rings (SSSR count). The molecule has 0 radical (unpaired) electrons. The number of carbonyl (C=O) groups is 2. The van der Waals surface area contributed by atoms with Crippen LogP contribution in [0.2, 0.25) is 0 Å². The summed E-state index contributed by atoms with van der Waals surface area (Å²) in [4.78, 5) is 26.3. The fraction of sp³-hybridized carbons (Fsp3) is 0.931. The molecule has 6 aliphatic rings. The normalized spacial score (nSPS) is 53.3. The molecule has 0 aromatic rings. The monoisotopic (exact) mass is 574 g/mol. The molecule has 37 heavy (non-hydrogen) atoms. The Balaban J connectivity index is 1.20. The number of halogens is 3. The van der Waals surface area contributed by atoms with Crippen LogP contribution in [0.25, 0.3) is 0 Å². The average Bonchev–Trinajstić information content (AvgIpc) is 3.25. The fourth-order valence-electron chi connectivity index (χ4n) is 10.4. The van der Waals surface area contributed by atoms with Gasteiger partial charge in [0.1, 0.15) is 11.9 Å². The van der Waals surface area contributed by atoms with E-state index in [0.29, 0.717) is 54.1 Å². The van der Waals surface area contributed by atoms with Gasteiger partial charge in [-0.15, -0.1) is 0 Å². The van der Waals surface area contributed by atoms with Crippen LogP contribution in [-0.4, -0.2) is 40.1 Å². The zero-order valence-electron chi connectivity index (χ0n) is 22.4. The molecule has 0 amide bonds. The van der Waals surface area contributed by atoms with Crippen molar-refractivity contribution in [2.24, 2.45) is 52.3 Å². The van der Waals surface area contributed by atoms with Crippen molar-refractivity contribution in [3.63, 3.8) is 0 Å². The van der Waals surface area contributed by atoms with Crippen LogP contribution in [-0.2, 0) is 23.8 Å². The third-order valence-corrected chi connectivity index (χ3v) is 12.5. The topological polar surface area (TPSA) is 61.8 Å². The van der Waals surface area contributed by atoms with Crippen molar-refractivity contribution in [3.8, 4) is 0 Å². The number of ketones is 1. The second-order valence-electron chi connectivity index (χ2n) is 13.9. The minimum atomic E-state index is -2.05. The molecule has 6 fully saturated rings. The summed E-state index contributed by atoms with van der Waals surface area (Å²) in [5.41, 5.74) is -0.100. The van der Waals surface area contributed by atoms with Gasteiger partial charge >= 0.3 is 5.97 Å². The van der Waals surface area contributed by atoms with Gasteiger partial charge in [0.25, 0.3) is 3.79 Å². The van der Waals surface area contributed by atoms with E-state index in [1.807, 2.05) is 0 Å². The number of esters is 1. The van der Waals surface area contributed by atoms with Gasteiger partial charge in [0.05, 0.1) is 12.7 Å². The van der Waals surface area contributed by atoms with Crippen LogP contribution in [0.5, 0.6) is 0 Å². The minimum absolute atomic E-state index is 0.0292. The Hall–Kier alpha value is -0.0700. The Morgan fingerprint density at radius 3 is 2.46 bits per heavy atom. The van der Waals surface area contributed by atoms with Crippen LogP contribution >= 0.6 is 34.8 Å². The van der Waals surface area contributed by atoms with E-state index in [1.165, 1.54) is 0 Å². The number of ether oxygens (including phenoxy) is 3. The summed E-state index contributed by atoms with van der Waals surface area (Å²) in [6.07, 6.45) is 8.15. The Morgan fingerprint density at radius 2 is 1.78 bits per heavy atom. The van der Waals surface area contributed by atoms with E-state index in [2.05, 4.69) is 27.7 Å². The van der Waals surface area contributed by atoms with Crippen LogP contribution in [0.4, 0.5) is 0 Å². The van der Waals surface area contributed by atoms with Crippen molar-refractivity contribution < 1.29 is 23.8 Å². The quantitative estimate of drug-likeness (QED) is 0.252. The molecule has 8 heteroatoms. The molecule has 0 aromatic carbocycles. The highest BCUT2D eigenvalue weighted by atomic mass is 35.6. The first-order chi connectivity index (χ1) is 17.3. The lowest BCUT2D eigenvalue weighted by Crippen LogP contribution is -2.58. The largest absolute Gasteiger partial charge is 0.459 e. The number of fused-ring (bicyclic) bond motifs is 7. The molecular weight excluding hydrogens is 535 g/mol. The number of Topliss-reactive ketones (excluding diaryl/α,β-unsaturated/α-hetero) is 1. The van der Waals surface area contributed by atoms with E-state index in [4.69, 9.17) is 49.0 Å². The summed E-state index contributed by atoms with van der Waals surface area (Å²) in [5.74, 6) is 1.76. The van der Waals surface area contributed by atoms with Crippen molar-refractivity contribution in [3.05, 3.63) is 0 Å². The SMILES string of the molecule is C[C@@H]1CC[C@@]2(OC1)O[C@@H]1C[C@@H]3[C@@H]4CC[C@@H]5C[C@@H](OC(=O)C(Cl)(Cl)Cl)CC[C@]5(C)[C@@H]4C(=O)C[C@]3(C)[C@H]1[C@@H]2C. The maximum absolute atomic E-state index is 14.1. The Morgan fingerprint density at radius 1 is 1.03 bits per heavy atom. The van der Waals surface area contributed by atoms with Crippen LogP contribution in [0.1, 0.15) is 85.5 Å². The van der Waals surface area contributed by atoms with Gasteiger partial charge in [0, 0.05) is 24.7 Å². The molecule has 12 atom stereocenters. The van der Waals surface area contributed by atoms with Gasteiger partial charge in [-0.05, 0) is 85.4 Å². The number of rotatable bonds is 1. The molecule has 1 spiro atoms. The van der Waals surface area contributed by atoms with Crippen LogP contribution in [0.15, 0.2) is 0 Å². The highest BCUT2D eigenvalue weighted by molar-refractivity contribution is 6.75. The molecule has 5 nitrogen and oxygen atoms in total. The van der Waals surface area contributed by atoms with Crippen molar-refractivity contribution in [1.29, 1.82) is 0 Å². The Kier molecular flexibility index (Phi) is 6.57. The summed E-state index contributed by atoms with van der Waals surface area (Å²) < 4.78 is 16.8. The molecular formula is C29H41Cl3O5.